The number of carbonyl (C=O) groups excluding carboxylic acids is 1. The van der Waals surface area contributed by atoms with Gasteiger partial charge in [0.05, 0.1) is 26.4 Å². The summed E-state index contributed by atoms with van der Waals surface area (Å²) in [5.41, 5.74) is 2.26. The number of allylic oxidation sites excluding steroid dienone is 1. The molecule has 3 aromatic carbocycles. The van der Waals surface area contributed by atoms with E-state index in [0.717, 1.165) is 11.1 Å². The molecule has 0 radical (unpaired) electrons. The Morgan fingerprint density at radius 3 is 2.19 bits per heavy atom. The smallest absolute Gasteiger partial charge is 0.189 e. The van der Waals surface area contributed by atoms with Gasteiger partial charge in [-0.05, 0) is 48.9 Å². The van der Waals surface area contributed by atoms with E-state index in [0.29, 0.717) is 41.8 Å². The molecule has 160 valence electrons. The normalized spacial score (nSPS) is 10.7. The molecule has 0 spiro atoms. The van der Waals surface area contributed by atoms with Gasteiger partial charge in [-0.3, -0.25) is 4.79 Å². The molecule has 0 unspecified atom stereocenters. The molecule has 0 saturated heterocycles. The second-order valence-electron chi connectivity index (χ2n) is 6.67. The molecule has 0 aromatic heterocycles. The van der Waals surface area contributed by atoms with E-state index in [2.05, 4.69) is 0 Å². The number of benzene rings is 3. The topological polar surface area (TPSA) is 54.0 Å². The van der Waals surface area contributed by atoms with Gasteiger partial charge >= 0.3 is 0 Å². The highest BCUT2D eigenvalue weighted by Gasteiger charge is 2.13. The molecule has 0 heterocycles. The second kappa shape index (κ2) is 10.9. The van der Waals surface area contributed by atoms with Gasteiger partial charge in [0.25, 0.3) is 0 Å². The maximum atomic E-state index is 13.0. The summed E-state index contributed by atoms with van der Waals surface area (Å²) in [5.74, 6) is 2.26. The summed E-state index contributed by atoms with van der Waals surface area (Å²) in [7, 11) is 3.18. The standard InChI is InChI=1S/C26H26O5/c1-4-30-25-16-21(28-2)12-10-20(25)11-15-24(27)23-14-13-22(29-3)17-26(23)31-18-19-8-6-5-7-9-19/h5-17H,4,18H2,1-3H3. The summed E-state index contributed by atoms with van der Waals surface area (Å²) in [4.78, 5) is 13.0. The Hall–Kier alpha value is -3.73. The number of hydrogen-bond acceptors (Lipinski definition) is 5. The van der Waals surface area contributed by atoms with Crippen LogP contribution >= 0.6 is 0 Å². The molecule has 0 aliphatic heterocycles. The molecular formula is C26H26O5. The van der Waals surface area contributed by atoms with E-state index in [9.17, 15) is 4.79 Å². The average molecular weight is 418 g/mol. The van der Waals surface area contributed by atoms with E-state index in [1.807, 2.05) is 49.4 Å². The summed E-state index contributed by atoms with van der Waals surface area (Å²) in [6.45, 7) is 2.77. The zero-order valence-electron chi connectivity index (χ0n) is 18.0. The zero-order valence-corrected chi connectivity index (χ0v) is 18.0. The third-order valence-corrected chi connectivity index (χ3v) is 4.63. The first-order valence-corrected chi connectivity index (χ1v) is 10.0. The fourth-order valence-electron chi connectivity index (χ4n) is 3.00. The van der Waals surface area contributed by atoms with Crippen LogP contribution in [0.15, 0.2) is 72.8 Å². The SMILES string of the molecule is CCOc1cc(OC)ccc1C=CC(=O)c1ccc(OC)cc1OCc1ccccc1. The van der Waals surface area contributed by atoms with E-state index in [1.165, 1.54) is 6.08 Å². The molecule has 5 nitrogen and oxygen atoms in total. The Bertz CT molecular complexity index is 1040. The molecule has 0 aliphatic carbocycles. The van der Waals surface area contributed by atoms with Crippen molar-refractivity contribution < 1.29 is 23.7 Å². The van der Waals surface area contributed by atoms with Gasteiger partial charge in [-0.15, -0.1) is 0 Å². The maximum absolute atomic E-state index is 13.0. The quantitative estimate of drug-likeness (QED) is 0.318. The molecule has 3 rings (SSSR count). The average Bonchev–Trinajstić information content (AvgIpc) is 2.82. The molecule has 0 atom stereocenters. The number of hydrogen-bond donors (Lipinski definition) is 0. The summed E-state index contributed by atoms with van der Waals surface area (Å²) in [5, 5.41) is 0. The fraction of sp³-hybridized carbons (Fsp3) is 0.192. The second-order valence-corrected chi connectivity index (χ2v) is 6.67. The van der Waals surface area contributed by atoms with Gasteiger partial charge in [0.1, 0.15) is 29.6 Å². The number of methoxy groups -OCH3 is 2. The van der Waals surface area contributed by atoms with Gasteiger partial charge in [0, 0.05) is 17.7 Å². The lowest BCUT2D eigenvalue weighted by atomic mass is 10.1. The van der Waals surface area contributed by atoms with Crippen LogP contribution in [0.4, 0.5) is 0 Å². The number of ether oxygens (including phenoxy) is 4. The first-order chi connectivity index (χ1) is 15.1. The predicted octanol–water partition coefficient (Wildman–Crippen LogP) is 5.58. The minimum atomic E-state index is -0.177. The van der Waals surface area contributed by atoms with Crippen LogP contribution < -0.4 is 18.9 Å². The van der Waals surface area contributed by atoms with E-state index in [1.54, 1.807) is 44.6 Å². The van der Waals surface area contributed by atoms with Crippen molar-refractivity contribution in [1.82, 2.24) is 0 Å². The van der Waals surface area contributed by atoms with Crippen LogP contribution in [0, 0.1) is 0 Å². The van der Waals surface area contributed by atoms with E-state index in [-0.39, 0.29) is 5.78 Å². The van der Waals surface area contributed by atoms with Crippen LogP contribution in [0.5, 0.6) is 23.0 Å². The molecule has 0 saturated carbocycles. The van der Waals surface area contributed by atoms with Gasteiger partial charge in [-0.25, -0.2) is 0 Å². The van der Waals surface area contributed by atoms with Crippen molar-refractivity contribution in [3.8, 4) is 23.0 Å². The molecule has 3 aromatic rings. The first-order valence-electron chi connectivity index (χ1n) is 10.0. The van der Waals surface area contributed by atoms with Crippen LogP contribution in [0.1, 0.15) is 28.4 Å². The Balaban J connectivity index is 1.84. The largest absolute Gasteiger partial charge is 0.497 e. The van der Waals surface area contributed by atoms with E-state index in [4.69, 9.17) is 18.9 Å². The minimum absolute atomic E-state index is 0.177. The first kappa shape index (κ1) is 22.0. The van der Waals surface area contributed by atoms with Crippen LogP contribution in [-0.2, 0) is 6.61 Å². The van der Waals surface area contributed by atoms with Crippen molar-refractivity contribution in [2.75, 3.05) is 20.8 Å². The Labute approximate surface area is 182 Å². The lowest BCUT2D eigenvalue weighted by Crippen LogP contribution is -2.03. The molecule has 31 heavy (non-hydrogen) atoms. The Morgan fingerprint density at radius 2 is 1.52 bits per heavy atom. The lowest BCUT2D eigenvalue weighted by molar-refractivity contribution is 0.104. The van der Waals surface area contributed by atoms with Crippen LogP contribution in [0.3, 0.4) is 0 Å². The molecule has 0 amide bonds. The number of rotatable bonds is 10. The van der Waals surface area contributed by atoms with Gasteiger partial charge in [0.15, 0.2) is 5.78 Å². The Kier molecular flexibility index (Phi) is 7.71. The molecule has 0 fully saturated rings. The monoisotopic (exact) mass is 418 g/mol. The van der Waals surface area contributed by atoms with Gasteiger partial charge < -0.3 is 18.9 Å². The van der Waals surface area contributed by atoms with Crippen molar-refractivity contribution in [2.45, 2.75) is 13.5 Å². The highest BCUT2D eigenvalue weighted by atomic mass is 16.5. The van der Waals surface area contributed by atoms with Crippen molar-refractivity contribution in [1.29, 1.82) is 0 Å². The van der Waals surface area contributed by atoms with E-state index < -0.39 is 0 Å². The predicted molar refractivity (Wildman–Crippen MR) is 121 cm³/mol. The van der Waals surface area contributed by atoms with Gasteiger partial charge in [-0.1, -0.05) is 30.3 Å². The van der Waals surface area contributed by atoms with Crippen molar-refractivity contribution in [3.63, 3.8) is 0 Å². The molecule has 0 bridgehead atoms. The minimum Gasteiger partial charge on any atom is -0.497 e. The molecule has 0 N–H and O–H groups in total. The lowest BCUT2D eigenvalue weighted by Gasteiger charge is -2.12. The van der Waals surface area contributed by atoms with Gasteiger partial charge in [0.2, 0.25) is 0 Å². The number of carbonyl (C=O) groups is 1. The van der Waals surface area contributed by atoms with Gasteiger partial charge in [-0.2, -0.15) is 0 Å². The summed E-state index contributed by atoms with van der Waals surface area (Å²) in [6, 6.07) is 20.5. The zero-order chi connectivity index (χ0) is 22.1. The maximum Gasteiger partial charge on any atom is 0.189 e. The third kappa shape index (κ3) is 5.89. The molecule has 5 heteroatoms. The summed E-state index contributed by atoms with van der Waals surface area (Å²) < 4.78 is 22.2. The Morgan fingerprint density at radius 1 is 0.839 bits per heavy atom. The summed E-state index contributed by atoms with van der Waals surface area (Å²) in [6.07, 6.45) is 3.25. The molecular weight excluding hydrogens is 392 g/mol. The fourth-order valence-corrected chi connectivity index (χ4v) is 3.00. The van der Waals surface area contributed by atoms with Crippen LogP contribution in [0.2, 0.25) is 0 Å². The highest BCUT2D eigenvalue weighted by Crippen LogP contribution is 2.29. The van der Waals surface area contributed by atoms with Crippen molar-refractivity contribution in [2.24, 2.45) is 0 Å². The van der Waals surface area contributed by atoms with Crippen molar-refractivity contribution in [3.05, 3.63) is 89.5 Å². The highest BCUT2D eigenvalue weighted by molar-refractivity contribution is 6.08. The molecule has 0 aliphatic rings. The van der Waals surface area contributed by atoms with Crippen LogP contribution in [0.25, 0.3) is 6.08 Å². The summed E-state index contributed by atoms with van der Waals surface area (Å²) >= 11 is 0. The van der Waals surface area contributed by atoms with Crippen molar-refractivity contribution >= 4 is 11.9 Å². The van der Waals surface area contributed by atoms with E-state index >= 15 is 0 Å². The number of ketones is 1. The third-order valence-electron chi connectivity index (χ3n) is 4.63. The van der Waals surface area contributed by atoms with Crippen LogP contribution in [-0.4, -0.2) is 26.6 Å².